The lowest BCUT2D eigenvalue weighted by Crippen LogP contribution is -2.47. The van der Waals surface area contributed by atoms with E-state index in [1.165, 1.54) is 11.1 Å². The van der Waals surface area contributed by atoms with Crippen molar-refractivity contribution in [3.63, 3.8) is 0 Å². The fourth-order valence-corrected chi connectivity index (χ4v) is 3.55. The van der Waals surface area contributed by atoms with E-state index in [-0.39, 0.29) is 18.0 Å². The first-order chi connectivity index (χ1) is 10.2. The van der Waals surface area contributed by atoms with Gasteiger partial charge in [-0.25, -0.2) is 4.79 Å². The van der Waals surface area contributed by atoms with Crippen molar-refractivity contribution < 1.29 is 9.59 Å². The van der Waals surface area contributed by atoms with Gasteiger partial charge in [-0.2, -0.15) is 0 Å². The van der Waals surface area contributed by atoms with Gasteiger partial charge in [0.2, 0.25) is 5.91 Å². The van der Waals surface area contributed by atoms with Crippen LogP contribution in [0.1, 0.15) is 36.4 Å². The number of hydrogen-bond acceptors (Lipinski definition) is 2. The summed E-state index contributed by atoms with van der Waals surface area (Å²) in [5.74, 6) is 0.0672. The van der Waals surface area contributed by atoms with Gasteiger partial charge in [-0.15, -0.1) is 0 Å². The van der Waals surface area contributed by atoms with Crippen molar-refractivity contribution in [1.29, 1.82) is 0 Å². The highest BCUT2D eigenvalue weighted by molar-refractivity contribution is 5.91. The van der Waals surface area contributed by atoms with E-state index in [9.17, 15) is 9.59 Å². The Kier molecular flexibility index (Phi) is 2.87. The van der Waals surface area contributed by atoms with Gasteiger partial charge < -0.3 is 15.5 Å². The molecule has 1 saturated heterocycles. The second kappa shape index (κ2) is 4.76. The van der Waals surface area contributed by atoms with E-state index in [2.05, 4.69) is 28.8 Å². The third-order valence-corrected chi connectivity index (χ3v) is 4.70. The Labute approximate surface area is 123 Å². The van der Waals surface area contributed by atoms with E-state index in [0.29, 0.717) is 12.6 Å². The van der Waals surface area contributed by atoms with E-state index < -0.39 is 6.04 Å². The summed E-state index contributed by atoms with van der Waals surface area (Å²) >= 11 is 0. The second-order valence-corrected chi connectivity index (χ2v) is 6.14. The second-order valence-electron chi connectivity index (χ2n) is 6.14. The van der Waals surface area contributed by atoms with Crippen LogP contribution in [0.3, 0.4) is 0 Å². The molecule has 1 aromatic carbocycles. The highest BCUT2D eigenvalue weighted by atomic mass is 16.2. The quantitative estimate of drug-likeness (QED) is 0.880. The molecular weight excluding hydrogens is 266 g/mol. The monoisotopic (exact) mass is 285 g/mol. The molecule has 3 amide bonds. The molecule has 4 rings (SSSR count). The molecule has 1 heterocycles. The van der Waals surface area contributed by atoms with Crippen LogP contribution in [0.2, 0.25) is 0 Å². The zero-order valence-electron chi connectivity index (χ0n) is 11.8. The number of aryl methyl sites for hydroxylation is 1. The molecule has 1 aliphatic heterocycles. The lowest BCUT2D eigenvalue weighted by Gasteiger charge is -2.31. The topological polar surface area (TPSA) is 61.4 Å². The van der Waals surface area contributed by atoms with Gasteiger partial charge in [-0.05, 0) is 36.8 Å². The number of urea groups is 1. The number of benzene rings is 1. The highest BCUT2D eigenvalue weighted by Gasteiger charge is 2.43. The van der Waals surface area contributed by atoms with Gasteiger partial charge in [0.15, 0.2) is 0 Å². The smallest absolute Gasteiger partial charge is 0.315 e. The maximum atomic E-state index is 12.8. The van der Waals surface area contributed by atoms with Crippen LogP contribution in [0.4, 0.5) is 4.79 Å². The van der Waals surface area contributed by atoms with Gasteiger partial charge in [0.05, 0.1) is 6.04 Å². The fraction of sp³-hybridized carbons (Fsp3) is 0.500. The van der Waals surface area contributed by atoms with Gasteiger partial charge in [-0.1, -0.05) is 24.3 Å². The standard InChI is InChI=1S/C16H19N3O2/c20-15(13-9-17-16(21)18-13)19(11-6-7-11)14-8-5-10-3-1-2-4-12(10)14/h1-4,11,13-14H,5-9H2,(H2,17,18,21). The van der Waals surface area contributed by atoms with Gasteiger partial charge in [-0.3, -0.25) is 4.79 Å². The summed E-state index contributed by atoms with van der Waals surface area (Å²) in [5, 5.41) is 5.40. The molecule has 5 nitrogen and oxygen atoms in total. The number of rotatable bonds is 3. The van der Waals surface area contributed by atoms with Gasteiger partial charge >= 0.3 is 6.03 Å². The zero-order valence-corrected chi connectivity index (χ0v) is 11.8. The van der Waals surface area contributed by atoms with Crippen LogP contribution < -0.4 is 10.6 Å². The van der Waals surface area contributed by atoms with Crippen molar-refractivity contribution in [3.05, 3.63) is 35.4 Å². The molecule has 110 valence electrons. The number of nitrogens with one attached hydrogen (secondary N) is 2. The normalized spacial score (nSPS) is 27.0. The Morgan fingerprint density at radius 3 is 2.71 bits per heavy atom. The summed E-state index contributed by atoms with van der Waals surface area (Å²) in [6, 6.07) is 8.29. The van der Waals surface area contributed by atoms with Crippen LogP contribution in [0.15, 0.2) is 24.3 Å². The summed E-state index contributed by atoms with van der Waals surface area (Å²) in [7, 11) is 0. The van der Waals surface area contributed by atoms with Crippen molar-refractivity contribution in [2.75, 3.05) is 6.54 Å². The minimum absolute atomic E-state index is 0.0672. The Bertz CT molecular complexity index is 597. The first kappa shape index (κ1) is 12.7. The molecule has 2 atom stereocenters. The average molecular weight is 285 g/mol. The maximum absolute atomic E-state index is 12.8. The van der Waals surface area contributed by atoms with Crippen molar-refractivity contribution in [2.24, 2.45) is 0 Å². The summed E-state index contributed by atoms with van der Waals surface area (Å²) in [5.41, 5.74) is 2.64. The lowest BCUT2D eigenvalue weighted by atomic mass is 10.1. The van der Waals surface area contributed by atoms with Crippen LogP contribution in [0.25, 0.3) is 0 Å². The predicted molar refractivity (Wildman–Crippen MR) is 77.7 cm³/mol. The molecule has 2 N–H and O–H groups in total. The van der Waals surface area contributed by atoms with E-state index in [1.54, 1.807) is 0 Å². The molecule has 0 radical (unpaired) electrons. The lowest BCUT2D eigenvalue weighted by molar-refractivity contribution is -0.135. The Morgan fingerprint density at radius 1 is 1.19 bits per heavy atom. The Hall–Kier alpha value is -2.04. The Balaban J connectivity index is 1.61. The fourth-order valence-electron chi connectivity index (χ4n) is 3.55. The van der Waals surface area contributed by atoms with E-state index in [0.717, 1.165) is 25.7 Å². The van der Waals surface area contributed by atoms with Crippen LogP contribution in [-0.4, -0.2) is 35.5 Å². The highest BCUT2D eigenvalue weighted by Crippen LogP contribution is 2.42. The van der Waals surface area contributed by atoms with Crippen LogP contribution in [-0.2, 0) is 11.2 Å². The molecule has 1 aromatic rings. The molecule has 0 aromatic heterocycles. The molecule has 21 heavy (non-hydrogen) atoms. The maximum Gasteiger partial charge on any atom is 0.315 e. The first-order valence-electron chi connectivity index (χ1n) is 7.68. The van der Waals surface area contributed by atoms with E-state index >= 15 is 0 Å². The van der Waals surface area contributed by atoms with Crippen LogP contribution >= 0.6 is 0 Å². The van der Waals surface area contributed by atoms with Crippen molar-refractivity contribution in [3.8, 4) is 0 Å². The molecule has 2 unspecified atom stereocenters. The summed E-state index contributed by atoms with van der Waals surface area (Å²) < 4.78 is 0. The Morgan fingerprint density at radius 2 is 2.00 bits per heavy atom. The van der Waals surface area contributed by atoms with Gasteiger partial charge in [0.25, 0.3) is 0 Å². The van der Waals surface area contributed by atoms with Crippen molar-refractivity contribution in [2.45, 2.75) is 43.8 Å². The number of hydrogen-bond donors (Lipinski definition) is 2. The van der Waals surface area contributed by atoms with Gasteiger partial charge in [0.1, 0.15) is 6.04 Å². The minimum Gasteiger partial charge on any atom is -0.336 e. The number of amides is 3. The molecule has 0 spiro atoms. The number of carbonyl (C=O) groups excluding carboxylic acids is 2. The minimum atomic E-state index is -0.411. The third kappa shape index (κ3) is 2.17. The molecule has 2 fully saturated rings. The molecule has 2 aliphatic carbocycles. The molecule has 1 saturated carbocycles. The van der Waals surface area contributed by atoms with Gasteiger partial charge in [0, 0.05) is 12.6 Å². The van der Waals surface area contributed by atoms with E-state index in [4.69, 9.17) is 0 Å². The molecule has 3 aliphatic rings. The number of fused-ring (bicyclic) bond motifs is 1. The SMILES string of the molecule is O=C1NCC(C(=O)N(C2CC2)C2CCc3ccccc32)N1. The number of carbonyl (C=O) groups is 2. The van der Waals surface area contributed by atoms with Crippen molar-refractivity contribution >= 4 is 11.9 Å². The zero-order chi connectivity index (χ0) is 14.4. The average Bonchev–Trinajstić information content (AvgIpc) is 3.08. The molecule has 5 heteroatoms. The van der Waals surface area contributed by atoms with Crippen LogP contribution in [0, 0.1) is 0 Å². The third-order valence-electron chi connectivity index (χ3n) is 4.70. The molecular formula is C16H19N3O2. The number of nitrogens with zero attached hydrogens (tertiary/aromatic N) is 1. The summed E-state index contributed by atoms with van der Waals surface area (Å²) in [6.45, 7) is 0.398. The molecule has 0 bridgehead atoms. The largest absolute Gasteiger partial charge is 0.336 e. The van der Waals surface area contributed by atoms with Crippen molar-refractivity contribution in [1.82, 2.24) is 15.5 Å². The van der Waals surface area contributed by atoms with E-state index in [1.807, 2.05) is 11.0 Å². The predicted octanol–water partition coefficient (Wildman–Crippen LogP) is 1.35. The summed E-state index contributed by atoms with van der Waals surface area (Å²) in [4.78, 5) is 26.2. The first-order valence-corrected chi connectivity index (χ1v) is 7.68. The van der Waals surface area contributed by atoms with Crippen LogP contribution in [0.5, 0.6) is 0 Å². The summed E-state index contributed by atoms with van der Waals surface area (Å²) in [6.07, 6.45) is 4.19.